The summed E-state index contributed by atoms with van der Waals surface area (Å²) in [4.78, 5) is 35.4. The van der Waals surface area contributed by atoms with Crippen molar-refractivity contribution in [3.05, 3.63) is 50.1 Å². The summed E-state index contributed by atoms with van der Waals surface area (Å²) in [6.07, 6.45) is 0.676. The zero-order valence-electron chi connectivity index (χ0n) is 13.7. The summed E-state index contributed by atoms with van der Waals surface area (Å²) in [5.41, 5.74) is 2.39. The van der Waals surface area contributed by atoms with Gasteiger partial charge in [0.25, 0.3) is 0 Å². The zero-order valence-corrected chi connectivity index (χ0v) is 14.5. The summed E-state index contributed by atoms with van der Waals surface area (Å²) in [7, 11) is 0. The van der Waals surface area contributed by atoms with Crippen molar-refractivity contribution in [3.8, 4) is 0 Å². The average molecular weight is 348 g/mol. The Morgan fingerprint density at radius 1 is 1.25 bits per heavy atom. The summed E-state index contributed by atoms with van der Waals surface area (Å²) in [5.74, 6) is -1.03. The molecule has 0 radical (unpaired) electrons. The molecule has 128 valence electrons. The van der Waals surface area contributed by atoms with E-state index in [0.717, 1.165) is 16.1 Å². The van der Waals surface area contributed by atoms with Gasteiger partial charge >= 0.3 is 10.8 Å². The van der Waals surface area contributed by atoms with Gasteiger partial charge in [-0.25, -0.2) is 0 Å². The molecule has 24 heavy (non-hydrogen) atoms. The minimum atomic E-state index is -0.851. The van der Waals surface area contributed by atoms with Crippen LogP contribution >= 0.6 is 11.3 Å². The molecule has 0 unspecified atom stereocenters. The van der Waals surface area contributed by atoms with Gasteiger partial charge in [0.1, 0.15) is 0 Å². The third-order valence-corrected chi connectivity index (χ3v) is 4.77. The molecule has 6 nitrogen and oxygen atoms in total. The van der Waals surface area contributed by atoms with Crippen LogP contribution in [0.1, 0.15) is 29.0 Å². The molecule has 2 N–H and O–H groups in total. The fraction of sp³-hybridized carbons (Fsp3) is 0.353. The number of nitrogens with one attached hydrogen (secondary N) is 1. The van der Waals surface area contributed by atoms with Crippen LogP contribution in [0.5, 0.6) is 0 Å². The van der Waals surface area contributed by atoms with E-state index in [9.17, 15) is 14.4 Å². The third-order valence-electron chi connectivity index (χ3n) is 3.78. The largest absolute Gasteiger partial charge is 0.481 e. The Bertz CT molecular complexity index is 807. The van der Waals surface area contributed by atoms with E-state index in [-0.39, 0.29) is 23.6 Å². The number of hydrogen-bond donors (Lipinski definition) is 2. The molecule has 2 rings (SSSR count). The van der Waals surface area contributed by atoms with Crippen LogP contribution in [0.25, 0.3) is 0 Å². The molecule has 0 aliphatic rings. The van der Waals surface area contributed by atoms with Crippen molar-refractivity contribution in [1.29, 1.82) is 0 Å². The van der Waals surface area contributed by atoms with E-state index >= 15 is 0 Å². The van der Waals surface area contributed by atoms with Gasteiger partial charge in [-0.05, 0) is 38.0 Å². The number of aliphatic carboxylic acids is 1. The lowest BCUT2D eigenvalue weighted by Gasteiger charge is -2.08. The van der Waals surface area contributed by atoms with Gasteiger partial charge in [-0.3, -0.25) is 14.4 Å². The maximum atomic E-state index is 12.1. The van der Waals surface area contributed by atoms with E-state index in [1.165, 1.54) is 11.3 Å². The number of amides is 1. The molecule has 1 aromatic carbocycles. The van der Waals surface area contributed by atoms with Crippen molar-refractivity contribution in [1.82, 2.24) is 4.57 Å². The van der Waals surface area contributed by atoms with Gasteiger partial charge in [-0.2, -0.15) is 0 Å². The highest BCUT2D eigenvalue weighted by Crippen LogP contribution is 2.14. The number of carbonyl (C=O) groups is 2. The molecule has 1 amide bonds. The smallest absolute Gasteiger partial charge is 0.307 e. The number of anilines is 1. The van der Waals surface area contributed by atoms with E-state index in [4.69, 9.17) is 5.11 Å². The number of aromatic nitrogens is 1. The number of rotatable bonds is 7. The van der Waals surface area contributed by atoms with Crippen LogP contribution in [0, 0.1) is 13.8 Å². The first-order valence-electron chi connectivity index (χ1n) is 7.64. The molecule has 7 heteroatoms. The second-order valence-electron chi connectivity index (χ2n) is 5.55. The zero-order chi connectivity index (χ0) is 17.7. The number of benzene rings is 1. The summed E-state index contributed by atoms with van der Waals surface area (Å²) in [6, 6.07) is 7.14. The van der Waals surface area contributed by atoms with Crippen molar-refractivity contribution >= 4 is 28.9 Å². The highest BCUT2D eigenvalue weighted by Gasteiger charge is 2.10. The second-order valence-corrected chi connectivity index (χ2v) is 6.72. The number of aryl methyl sites for hydroxylation is 2. The summed E-state index contributed by atoms with van der Waals surface area (Å²) in [6.45, 7) is 4.11. The first kappa shape index (κ1) is 17.9. The van der Waals surface area contributed by atoms with Crippen LogP contribution in [0.2, 0.25) is 0 Å². The van der Waals surface area contributed by atoms with Crippen LogP contribution < -0.4 is 10.2 Å². The SMILES string of the molecule is Cc1sc(=O)n(CCC(=O)Nc2cccc(CCC(=O)O)c2)c1C. The van der Waals surface area contributed by atoms with Crippen LogP contribution in [0.4, 0.5) is 5.69 Å². The highest BCUT2D eigenvalue weighted by molar-refractivity contribution is 7.09. The highest BCUT2D eigenvalue weighted by atomic mass is 32.1. The van der Waals surface area contributed by atoms with Gasteiger partial charge in [0.2, 0.25) is 5.91 Å². The maximum absolute atomic E-state index is 12.1. The molecule has 0 atom stereocenters. The van der Waals surface area contributed by atoms with E-state index in [2.05, 4.69) is 5.32 Å². The minimum Gasteiger partial charge on any atom is -0.481 e. The molecule has 0 fully saturated rings. The molecule has 0 aliphatic carbocycles. The molecule has 0 saturated heterocycles. The fourth-order valence-corrected chi connectivity index (χ4v) is 3.20. The van der Waals surface area contributed by atoms with Crippen molar-refractivity contribution in [2.45, 2.75) is 39.7 Å². The van der Waals surface area contributed by atoms with Crippen molar-refractivity contribution < 1.29 is 14.7 Å². The number of carboxylic acid groups (broad SMARTS) is 1. The van der Waals surface area contributed by atoms with Gasteiger partial charge in [0.15, 0.2) is 0 Å². The van der Waals surface area contributed by atoms with E-state index in [1.807, 2.05) is 19.9 Å². The number of nitrogens with zero attached hydrogens (tertiary/aromatic N) is 1. The number of hydrogen-bond acceptors (Lipinski definition) is 4. The van der Waals surface area contributed by atoms with Crippen molar-refractivity contribution in [2.75, 3.05) is 5.32 Å². The lowest BCUT2D eigenvalue weighted by atomic mass is 10.1. The normalized spacial score (nSPS) is 10.6. The van der Waals surface area contributed by atoms with Gasteiger partial charge < -0.3 is 15.0 Å². The molecule has 1 aromatic heterocycles. The predicted molar refractivity (Wildman–Crippen MR) is 93.7 cm³/mol. The van der Waals surface area contributed by atoms with Crippen LogP contribution in [0.15, 0.2) is 29.1 Å². The Labute approximate surface area is 143 Å². The Hall–Kier alpha value is -2.41. The predicted octanol–water partition coefficient (Wildman–Crippen LogP) is 2.57. The minimum absolute atomic E-state index is 0.0477. The number of thiazole rings is 1. The maximum Gasteiger partial charge on any atom is 0.307 e. The van der Waals surface area contributed by atoms with E-state index in [1.54, 1.807) is 22.8 Å². The Morgan fingerprint density at radius 3 is 2.62 bits per heavy atom. The fourth-order valence-electron chi connectivity index (χ4n) is 2.34. The third kappa shape index (κ3) is 4.79. The first-order chi connectivity index (χ1) is 11.4. The van der Waals surface area contributed by atoms with Gasteiger partial charge in [-0.15, -0.1) is 0 Å². The molecule has 1 heterocycles. The topological polar surface area (TPSA) is 88.4 Å². The number of carboxylic acids is 1. The summed E-state index contributed by atoms with van der Waals surface area (Å²) in [5, 5.41) is 11.5. The lowest BCUT2D eigenvalue weighted by Crippen LogP contribution is -2.20. The standard InChI is InChI=1S/C17H20N2O4S/c1-11-12(2)24-17(23)19(11)9-8-15(20)18-14-5-3-4-13(10-14)6-7-16(21)22/h3-5,10H,6-9H2,1-2H3,(H,18,20)(H,21,22). The molecule has 2 aromatic rings. The van der Waals surface area contributed by atoms with Crippen molar-refractivity contribution in [3.63, 3.8) is 0 Å². The monoisotopic (exact) mass is 348 g/mol. The second kappa shape index (κ2) is 7.92. The molecular weight excluding hydrogens is 328 g/mol. The van der Waals surface area contributed by atoms with Crippen LogP contribution in [-0.2, 0) is 22.6 Å². The molecule has 0 bridgehead atoms. The van der Waals surface area contributed by atoms with E-state index < -0.39 is 5.97 Å². The first-order valence-corrected chi connectivity index (χ1v) is 8.46. The Morgan fingerprint density at radius 2 is 2.00 bits per heavy atom. The average Bonchev–Trinajstić information content (AvgIpc) is 2.76. The molecule has 0 spiro atoms. The van der Waals surface area contributed by atoms with Crippen molar-refractivity contribution in [2.24, 2.45) is 0 Å². The molecular formula is C17H20N2O4S. The Balaban J connectivity index is 1.93. The summed E-state index contributed by atoms with van der Waals surface area (Å²) >= 11 is 1.19. The van der Waals surface area contributed by atoms with Crippen LogP contribution in [0.3, 0.4) is 0 Å². The van der Waals surface area contributed by atoms with E-state index in [0.29, 0.717) is 18.7 Å². The Kier molecular flexibility index (Phi) is 5.92. The van der Waals surface area contributed by atoms with Gasteiger partial charge in [0, 0.05) is 35.6 Å². The van der Waals surface area contributed by atoms with Gasteiger partial charge in [0.05, 0.1) is 0 Å². The molecule has 0 aliphatic heterocycles. The lowest BCUT2D eigenvalue weighted by molar-refractivity contribution is -0.137. The van der Waals surface area contributed by atoms with Crippen LogP contribution in [-0.4, -0.2) is 21.6 Å². The molecule has 0 saturated carbocycles. The summed E-state index contributed by atoms with van der Waals surface area (Å²) < 4.78 is 1.61. The number of carbonyl (C=O) groups excluding carboxylic acids is 1. The van der Waals surface area contributed by atoms with Gasteiger partial charge in [-0.1, -0.05) is 23.5 Å². The quantitative estimate of drug-likeness (QED) is 0.805.